The van der Waals surface area contributed by atoms with E-state index in [1.807, 2.05) is 0 Å². The van der Waals surface area contributed by atoms with E-state index in [1.54, 1.807) is 12.1 Å². The number of halogens is 5. The van der Waals surface area contributed by atoms with Crippen LogP contribution in [0.5, 0.6) is 0 Å². The first-order valence-electron chi connectivity index (χ1n) is 6.77. The molecule has 0 aromatic heterocycles. The number of nitrogens with one attached hydrogen (secondary N) is 1. The molecule has 0 fully saturated rings. The Bertz CT molecular complexity index is 866. The first kappa shape index (κ1) is 18.8. The lowest BCUT2D eigenvalue weighted by Gasteiger charge is -2.13. The van der Waals surface area contributed by atoms with E-state index in [0.29, 0.717) is 0 Å². The molecule has 1 amide bonds. The number of hydrogen-bond donors (Lipinski definition) is 1. The molecule has 0 radical (unpaired) electrons. The zero-order valence-corrected chi connectivity index (χ0v) is 13.9. The van der Waals surface area contributed by atoms with E-state index in [1.165, 1.54) is 24.3 Å². The molecule has 2 aromatic carbocycles. The number of para-hydroxylation sites is 1. The number of carbonyl (C=O) groups is 1. The number of anilines is 1. The molecule has 0 bridgehead atoms. The summed E-state index contributed by atoms with van der Waals surface area (Å²) in [5, 5.41) is 11.6. The van der Waals surface area contributed by atoms with Crippen LogP contribution in [0.4, 0.5) is 18.9 Å². The standard InChI is InChI=1S/C17H9Cl2F3N2O/c18-13-5-3-6-14(19)11(13)8-10(9-23)16(25)24-15-7-2-1-4-12(15)17(20,21)22/h1-8H,(H,24,25)/b10-8+. The molecule has 1 N–H and O–H groups in total. The summed E-state index contributed by atoms with van der Waals surface area (Å²) in [5.41, 5.74) is -1.68. The summed E-state index contributed by atoms with van der Waals surface area (Å²) in [6, 6.07) is 10.7. The van der Waals surface area contributed by atoms with Crippen LogP contribution in [-0.2, 0) is 11.0 Å². The maximum absolute atomic E-state index is 13.0. The van der Waals surface area contributed by atoms with Gasteiger partial charge in [-0.1, -0.05) is 41.4 Å². The smallest absolute Gasteiger partial charge is 0.321 e. The van der Waals surface area contributed by atoms with Gasteiger partial charge in [0.05, 0.1) is 11.3 Å². The molecular weight excluding hydrogens is 376 g/mol. The predicted octanol–water partition coefficient (Wildman–Crippen LogP) is 5.56. The van der Waals surface area contributed by atoms with Crippen molar-refractivity contribution in [3.63, 3.8) is 0 Å². The first-order chi connectivity index (χ1) is 11.7. The molecule has 0 atom stereocenters. The van der Waals surface area contributed by atoms with Crippen LogP contribution in [0, 0.1) is 11.3 Å². The monoisotopic (exact) mass is 384 g/mol. The average Bonchev–Trinajstić information content (AvgIpc) is 2.54. The number of nitrogens with zero attached hydrogens (tertiary/aromatic N) is 1. The van der Waals surface area contributed by atoms with Gasteiger partial charge in [-0.25, -0.2) is 0 Å². The van der Waals surface area contributed by atoms with E-state index < -0.39 is 28.9 Å². The molecule has 0 heterocycles. The van der Waals surface area contributed by atoms with Crippen molar-refractivity contribution in [3.8, 4) is 6.07 Å². The topological polar surface area (TPSA) is 52.9 Å². The molecule has 0 aliphatic carbocycles. The molecule has 2 rings (SSSR count). The number of carbonyl (C=O) groups excluding carboxylic acids is 1. The largest absolute Gasteiger partial charge is 0.418 e. The Balaban J connectivity index is 2.38. The van der Waals surface area contributed by atoms with E-state index in [2.05, 4.69) is 5.32 Å². The van der Waals surface area contributed by atoms with Crippen LogP contribution in [0.2, 0.25) is 10.0 Å². The van der Waals surface area contributed by atoms with Crippen molar-refractivity contribution in [2.45, 2.75) is 6.18 Å². The Kier molecular flexibility index (Phi) is 5.73. The lowest BCUT2D eigenvalue weighted by atomic mass is 10.1. The van der Waals surface area contributed by atoms with Crippen molar-refractivity contribution in [1.82, 2.24) is 0 Å². The molecule has 0 saturated heterocycles. The van der Waals surface area contributed by atoms with Crippen LogP contribution in [0.25, 0.3) is 6.08 Å². The second kappa shape index (κ2) is 7.60. The van der Waals surface area contributed by atoms with Gasteiger partial charge in [0.1, 0.15) is 11.6 Å². The van der Waals surface area contributed by atoms with Gasteiger partial charge < -0.3 is 5.32 Å². The van der Waals surface area contributed by atoms with E-state index in [9.17, 15) is 18.0 Å². The number of rotatable bonds is 3. The summed E-state index contributed by atoms with van der Waals surface area (Å²) in [4.78, 5) is 12.2. The quantitative estimate of drug-likeness (QED) is 0.556. The average molecular weight is 385 g/mol. The van der Waals surface area contributed by atoms with E-state index in [0.717, 1.165) is 18.2 Å². The summed E-state index contributed by atoms with van der Waals surface area (Å²) in [6.07, 6.45) is -3.53. The molecule has 0 aliphatic heterocycles. The van der Waals surface area contributed by atoms with Crippen molar-refractivity contribution >= 4 is 40.9 Å². The molecular formula is C17H9Cl2F3N2O. The highest BCUT2D eigenvalue weighted by Crippen LogP contribution is 2.35. The number of nitriles is 1. The second-order valence-electron chi connectivity index (χ2n) is 4.80. The second-order valence-corrected chi connectivity index (χ2v) is 5.62. The molecule has 3 nitrogen and oxygen atoms in total. The van der Waals surface area contributed by atoms with Crippen LogP contribution in [0.1, 0.15) is 11.1 Å². The van der Waals surface area contributed by atoms with E-state index >= 15 is 0 Å². The molecule has 0 aliphatic rings. The fourth-order valence-electron chi connectivity index (χ4n) is 1.97. The van der Waals surface area contributed by atoms with Crippen LogP contribution >= 0.6 is 23.2 Å². The highest BCUT2D eigenvalue weighted by molar-refractivity contribution is 6.37. The van der Waals surface area contributed by atoms with Gasteiger partial charge in [0.15, 0.2) is 0 Å². The molecule has 0 unspecified atom stereocenters. The van der Waals surface area contributed by atoms with Gasteiger partial charge in [0.2, 0.25) is 0 Å². The minimum absolute atomic E-state index is 0.198. The van der Waals surface area contributed by atoms with Crippen molar-refractivity contribution in [2.75, 3.05) is 5.32 Å². The third kappa shape index (κ3) is 4.53. The highest BCUT2D eigenvalue weighted by atomic mass is 35.5. The summed E-state index contributed by atoms with van der Waals surface area (Å²) in [6.45, 7) is 0. The predicted molar refractivity (Wildman–Crippen MR) is 90.1 cm³/mol. The molecule has 0 saturated carbocycles. The normalized spacial score (nSPS) is 11.8. The molecule has 8 heteroatoms. The Hall–Kier alpha value is -2.49. The third-order valence-corrected chi connectivity index (χ3v) is 3.79. The number of hydrogen-bond acceptors (Lipinski definition) is 2. The van der Waals surface area contributed by atoms with Crippen molar-refractivity contribution in [1.29, 1.82) is 5.26 Å². The summed E-state index contributed by atoms with van der Waals surface area (Å²) in [5.74, 6) is -1.00. The number of amides is 1. The lowest BCUT2D eigenvalue weighted by molar-refractivity contribution is -0.136. The zero-order valence-electron chi connectivity index (χ0n) is 12.4. The van der Waals surface area contributed by atoms with Crippen LogP contribution < -0.4 is 5.32 Å². The van der Waals surface area contributed by atoms with Crippen LogP contribution in [-0.4, -0.2) is 5.91 Å². The molecule has 2 aromatic rings. The minimum Gasteiger partial charge on any atom is -0.321 e. The minimum atomic E-state index is -4.65. The van der Waals surface area contributed by atoms with Gasteiger partial charge >= 0.3 is 6.18 Å². The third-order valence-electron chi connectivity index (χ3n) is 3.13. The van der Waals surface area contributed by atoms with Gasteiger partial charge in [-0.3, -0.25) is 4.79 Å². The Labute approximate surface area is 151 Å². The van der Waals surface area contributed by atoms with Crippen LogP contribution in [0.15, 0.2) is 48.0 Å². The number of alkyl halides is 3. The van der Waals surface area contributed by atoms with Crippen molar-refractivity contribution in [2.24, 2.45) is 0 Å². The Morgan fingerprint density at radius 2 is 1.68 bits per heavy atom. The Morgan fingerprint density at radius 1 is 1.08 bits per heavy atom. The van der Waals surface area contributed by atoms with E-state index in [4.69, 9.17) is 28.5 Å². The van der Waals surface area contributed by atoms with Gasteiger partial charge in [-0.15, -0.1) is 0 Å². The summed E-state index contributed by atoms with van der Waals surface area (Å²) in [7, 11) is 0. The molecule has 25 heavy (non-hydrogen) atoms. The molecule has 0 spiro atoms. The van der Waals surface area contributed by atoms with Crippen molar-refractivity contribution < 1.29 is 18.0 Å². The Morgan fingerprint density at radius 3 is 2.24 bits per heavy atom. The summed E-state index contributed by atoms with van der Waals surface area (Å²) < 4.78 is 38.9. The van der Waals surface area contributed by atoms with Gasteiger partial charge in [-0.05, 0) is 30.3 Å². The summed E-state index contributed by atoms with van der Waals surface area (Å²) >= 11 is 11.9. The van der Waals surface area contributed by atoms with Gasteiger partial charge in [0, 0.05) is 15.6 Å². The molecule has 128 valence electrons. The SMILES string of the molecule is N#C/C(=C\c1c(Cl)cccc1Cl)C(=O)Nc1ccccc1C(F)(F)F. The zero-order chi connectivity index (χ0) is 18.6. The highest BCUT2D eigenvalue weighted by Gasteiger charge is 2.33. The van der Waals surface area contributed by atoms with E-state index in [-0.39, 0.29) is 15.6 Å². The van der Waals surface area contributed by atoms with Crippen molar-refractivity contribution in [3.05, 3.63) is 69.2 Å². The lowest BCUT2D eigenvalue weighted by Crippen LogP contribution is -2.17. The fourth-order valence-corrected chi connectivity index (χ4v) is 2.48. The fraction of sp³-hybridized carbons (Fsp3) is 0.0588. The van der Waals surface area contributed by atoms with Gasteiger partial charge in [-0.2, -0.15) is 18.4 Å². The maximum Gasteiger partial charge on any atom is 0.418 e. The maximum atomic E-state index is 13.0. The van der Waals surface area contributed by atoms with Crippen LogP contribution in [0.3, 0.4) is 0 Å². The van der Waals surface area contributed by atoms with Gasteiger partial charge in [0.25, 0.3) is 5.91 Å². The first-order valence-corrected chi connectivity index (χ1v) is 7.53. The number of benzene rings is 2.